The Morgan fingerprint density at radius 2 is 1.61 bits per heavy atom. The van der Waals surface area contributed by atoms with Crippen LogP contribution >= 0.6 is 11.6 Å². The van der Waals surface area contributed by atoms with Crippen molar-refractivity contribution in [2.45, 2.75) is 26.3 Å². The molecule has 2 aromatic carbocycles. The van der Waals surface area contributed by atoms with Gasteiger partial charge in [0.05, 0.1) is 0 Å². The highest BCUT2D eigenvalue weighted by Crippen LogP contribution is 2.21. The predicted molar refractivity (Wildman–Crippen MR) is 79.3 cm³/mol. The number of aryl methyl sites for hydroxylation is 1. The summed E-state index contributed by atoms with van der Waals surface area (Å²) in [6, 6.07) is 16.8. The van der Waals surface area contributed by atoms with E-state index in [1.807, 2.05) is 12.1 Å². The van der Waals surface area contributed by atoms with Crippen LogP contribution in [0.4, 0.5) is 5.69 Å². The maximum absolute atomic E-state index is 5.89. The number of nitrogens with one attached hydrogen (secondary N) is 1. The molecule has 0 saturated carbocycles. The molecular formula is C16H18ClN. The number of rotatable bonds is 4. The SMILES string of the molecule is CCc1ccc(N[C@@H](C)c2ccc(Cl)cc2)cc1. The molecular weight excluding hydrogens is 242 g/mol. The Hall–Kier alpha value is -1.47. The van der Waals surface area contributed by atoms with Gasteiger partial charge in [0.15, 0.2) is 0 Å². The number of anilines is 1. The highest BCUT2D eigenvalue weighted by Gasteiger charge is 2.04. The lowest BCUT2D eigenvalue weighted by atomic mass is 10.1. The molecule has 0 amide bonds. The zero-order valence-corrected chi connectivity index (χ0v) is 11.5. The highest BCUT2D eigenvalue weighted by molar-refractivity contribution is 6.30. The Morgan fingerprint density at radius 1 is 1.00 bits per heavy atom. The Kier molecular flexibility index (Phi) is 4.27. The van der Waals surface area contributed by atoms with Gasteiger partial charge < -0.3 is 5.32 Å². The number of hydrogen-bond acceptors (Lipinski definition) is 1. The lowest BCUT2D eigenvalue weighted by Crippen LogP contribution is -2.06. The summed E-state index contributed by atoms with van der Waals surface area (Å²) < 4.78 is 0. The van der Waals surface area contributed by atoms with Crippen LogP contribution in [-0.2, 0) is 6.42 Å². The fourth-order valence-electron chi connectivity index (χ4n) is 1.92. The Labute approximate surface area is 114 Å². The van der Waals surface area contributed by atoms with E-state index in [-0.39, 0.29) is 6.04 Å². The van der Waals surface area contributed by atoms with Crippen LogP contribution in [0.5, 0.6) is 0 Å². The van der Waals surface area contributed by atoms with Gasteiger partial charge in [-0.1, -0.05) is 42.8 Å². The maximum atomic E-state index is 5.89. The van der Waals surface area contributed by atoms with Crippen LogP contribution in [0, 0.1) is 0 Å². The molecule has 2 aromatic rings. The Balaban J connectivity index is 2.05. The Bertz CT molecular complexity index is 488. The van der Waals surface area contributed by atoms with Crippen molar-refractivity contribution in [3.8, 4) is 0 Å². The number of hydrogen-bond donors (Lipinski definition) is 1. The van der Waals surface area contributed by atoms with Gasteiger partial charge in [0.1, 0.15) is 0 Å². The summed E-state index contributed by atoms with van der Waals surface area (Å²) >= 11 is 5.89. The fraction of sp³-hybridized carbons (Fsp3) is 0.250. The minimum absolute atomic E-state index is 0.273. The van der Waals surface area contributed by atoms with Crippen molar-refractivity contribution >= 4 is 17.3 Å². The molecule has 1 N–H and O–H groups in total. The van der Waals surface area contributed by atoms with Gasteiger partial charge in [0.25, 0.3) is 0 Å². The first-order chi connectivity index (χ1) is 8.69. The highest BCUT2D eigenvalue weighted by atomic mass is 35.5. The maximum Gasteiger partial charge on any atom is 0.0485 e. The molecule has 2 heteroatoms. The van der Waals surface area contributed by atoms with Gasteiger partial charge in [0.2, 0.25) is 0 Å². The summed E-state index contributed by atoms with van der Waals surface area (Å²) in [5, 5.41) is 4.26. The van der Waals surface area contributed by atoms with Gasteiger partial charge in [-0.05, 0) is 48.7 Å². The van der Waals surface area contributed by atoms with E-state index in [9.17, 15) is 0 Å². The lowest BCUT2D eigenvalue weighted by molar-refractivity contribution is 0.884. The third-order valence-electron chi connectivity index (χ3n) is 3.12. The monoisotopic (exact) mass is 259 g/mol. The number of halogens is 1. The third-order valence-corrected chi connectivity index (χ3v) is 3.37. The molecule has 1 nitrogen and oxygen atoms in total. The van der Waals surface area contributed by atoms with Crippen molar-refractivity contribution in [2.75, 3.05) is 5.32 Å². The molecule has 18 heavy (non-hydrogen) atoms. The number of benzene rings is 2. The molecule has 0 spiro atoms. The molecule has 0 aliphatic carbocycles. The second-order valence-electron chi connectivity index (χ2n) is 4.47. The quantitative estimate of drug-likeness (QED) is 0.808. The van der Waals surface area contributed by atoms with E-state index in [2.05, 4.69) is 55.6 Å². The van der Waals surface area contributed by atoms with Crippen LogP contribution < -0.4 is 5.32 Å². The van der Waals surface area contributed by atoms with E-state index in [1.165, 1.54) is 11.1 Å². The molecule has 0 aliphatic heterocycles. The van der Waals surface area contributed by atoms with Crippen LogP contribution in [0.3, 0.4) is 0 Å². The molecule has 0 bridgehead atoms. The summed E-state index contributed by atoms with van der Waals surface area (Å²) in [6.45, 7) is 4.32. The van der Waals surface area contributed by atoms with Crippen LogP contribution in [0.15, 0.2) is 48.5 Å². The van der Waals surface area contributed by atoms with Crippen LogP contribution in [0.25, 0.3) is 0 Å². The van der Waals surface area contributed by atoms with Crippen molar-refractivity contribution in [2.24, 2.45) is 0 Å². The van der Waals surface area contributed by atoms with Crippen LogP contribution in [0.2, 0.25) is 5.02 Å². The van der Waals surface area contributed by atoms with E-state index in [1.54, 1.807) is 0 Å². The van der Waals surface area contributed by atoms with E-state index >= 15 is 0 Å². The molecule has 0 heterocycles. The van der Waals surface area contributed by atoms with Crippen molar-refractivity contribution in [1.82, 2.24) is 0 Å². The molecule has 0 unspecified atom stereocenters. The molecule has 0 radical (unpaired) electrons. The second-order valence-corrected chi connectivity index (χ2v) is 4.90. The van der Waals surface area contributed by atoms with Crippen molar-refractivity contribution in [1.29, 1.82) is 0 Å². The van der Waals surface area contributed by atoms with Gasteiger partial charge in [-0.2, -0.15) is 0 Å². The summed E-state index contributed by atoms with van der Waals surface area (Å²) in [6.07, 6.45) is 1.08. The molecule has 0 saturated heterocycles. The zero-order chi connectivity index (χ0) is 13.0. The molecule has 0 aromatic heterocycles. The van der Waals surface area contributed by atoms with Crippen LogP contribution in [-0.4, -0.2) is 0 Å². The van der Waals surface area contributed by atoms with E-state index in [4.69, 9.17) is 11.6 Å². The minimum Gasteiger partial charge on any atom is -0.379 e. The first-order valence-electron chi connectivity index (χ1n) is 6.30. The summed E-state index contributed by atoms with van der Waals surface area (Å²) in [7, 11) is 0. The third kappa shape index (κ3) is 3.27. The van der Waals surface area contributed by atoms with E-state index in [0.29, 0.717) is 0 Å². The smallest absolute Gasteiger partial charge is 0.0485 e. The zero-order valence-electron chi connectivity index (χ0n) is 10.8. The van der Waals surface area contributed by atoms with Crippen molar-refractivity contribution < 1.29 is 0 Å². The van der Waals surface area contributed by atoms with E-state index in [0.717, 1.165) is 17.1 Å². The lowest BCUT2D eigenvalue weighted by Gasteiger charge is -2.16. The van der Waals surface area contributed by atoms with Gasteiger partial charge >= 0.3 is 0 Å². The predicted octanol–water partition coefficient (Wildman–Crippen LogP) is 5.08. The van der Waals surface area contributed by atoms with Crippen molar-refractivity contribution in [3.63, 3.8) is 0 Å². The largest absolute Gasteiger partial charge is 0.379 e. The fourth-order valence-corrected chi connectivity index (χ4v) is 2.05. The first kappa shape index (κ1) is 13.0. The standard InChI is InChI=1S/C16H18ClN/c1-3-13-4-10-16(11-5-13)18-12(2)14-6-8-15(17)9-7-14/h4-12,18H,3H2,1-2H3/t12-/m0/s1. The average molecular weight is 260 g/mol. The van der Waals surface area contributed by atoms with Gasteiger partial charge in [-0.15, -0.1) is 0 Å². The molecule has 0 fully saturated rings. The summed E-state index contributed by atoms with van der Waals surface area (Å²) in [4.78, 5) is 0. The normalized spacial score (nSPS) is 12.2. The first-order valence-corrected chi connectivity index (χ1v) is 6.68. The topological polar surface area (TPSA) is 12.0 Å². The summed E-state index contributed by atoms with van der Waals surface area (Å²) in [5.74, 6) is 0. The molecule has 1 atom stereocenters. The van der Waals surface area contributed by atoms with Crippen LogP contribution in [0.1, 0.15) is 31.0 Å². The van der Waals surface area contributed by atoms with E-state index < -0.39 is 0 Å². The average Bonchev–Trinajstić information content (AvgIpc) is 2.40. The van der Waals surface area contributed by atoms with Gasteiger partial charge in [0, 0.05) is 16.8 Å². The second kappa shape index (κ2) is 5.92. The molecule has 94 valence electrons. The molecule has 0 aliphatic rings. The molecule has 2 rings (SSSR count). The Morgan fingerprint density at radius 3 is 2.17 bits per heavy atom. The van der Waals surface area contributed by atoms with Crippen molar-refractivity contribution in [3.05, 3.63) is 64.7 Å². The summed E-state index contributed by atoms with van der Waals surface area (Å²) in [5.41, 5.74) is 3.74. The minimum atomic E-state index is 0.273. The van der Waals surface area contributed by atoms with Gasteiger partial charge in [-0.3, -0.25) is 0 Å². The van der Waals surface area contributed by atoms with Gasteiger partial charge in [-0.25, -0.2) is 0 Å².